The molecule has 0 atom stereocenters. The molecule has 0 saturated carbocycles. The first-order chi connectivity index (χ1) is 7.23. The molecule has 1 aliphatic heterocycles. The van der Waals surface area contributed by atoms with Crippen LogP contribution in [0.25, 0.3) is 0 Å². The van der Waals surface area contributed by atoms with E-state index in [2.05, 4.69) is 17.0 Å². The van der Waals surface area contributed by atoms with Gasteiger partial charge in [0, 0.05) is 25.3 Å². The van der Waals surface area contributed by atoms with Crippen LogP contribution in [0.1, 0.15) is 12.8 Å². The fourth-order valence-corrected chi connectivity index (χ4v) is 2.02. The van der Waals surface area contributed by atoms with Gasteiger partial charge in [-0.15, -0.1) is 0 Å². The summed E-state index contributed by atoms with van der Waals surface area (Å²) in [5.74, 6) is 0. The quantitative estimate of drug-likeness (QED) is 0.758. The molecule has 0 unspecified atom stereocenters. The number of piperidine rings is 1. The molecule has 82 valence electrons. The lowest BCUT2D eigenvalue weighted by Crippen LogP contribution is -2.48. The number of rotatable bonds is 2. The summed E-state index contributed by atoms with van der Waals surface area (Å²) >= 11 is 0. The van der Waals surface area contributed by atoms with Crippen molar-refractivity contribution in [3.8, 4) is 0 Å². The van der Waals surface area contributed by atoms with Crippen LogP contribution in [0, 0.1) is 0 Å². The number of nitrogens with zero attached hydrogens (tertiary/aromatic N) is 1. The van der Waals surface area contributed by atoms with Gasteiger partial charge in [-0.3, -0.25) is 0 Å². The first-order valence-electron chi connectivity index (χ1n) is 5.46. The maximum atomic E-state index is 9.99. The van der Waals surface area contributed by atoms with Gasteiger partial charge in [-0.25, -0.2) is 0 Å². The first kappa shape index (κ1) is 10.5. The lowest BCUT2D eigenvalue weighted by Gasteiger charge is -2.38. The number of hydrogen-bond acceptors (Lipinski definition) is 3. The van der Waals surface area contributed by atoms with Crippen molar-refractivity contribution in [1.29, 1.82) is 0 Å². The molecule has 0 spiro atoms. The predicted octanol–water partition coefficient (Wildman–Crippen LogP) is 0.977. The highest BCUT2D eigenvalue weighted by Gasteiger charge is 2.30. The van der Waals surface area contributed by atoms with Crippen molar-refractivity contribution in [2.75, 3.05) is 24.5 Å². The van der Waals surface area contributed by atoms with E-state index in [1.165, 1.54) is 5.69 Å². The Labute approximate surface area is 90.5 Å². The monoisotopic (exact) mass is 206 g/mol. The second-order valence-corrected chi connectivity index (χ2v) is 4.25. The second kappa shape index (κ2) is 4.21. The highest BCUT2D eigenvalue weighted by atomic mass is 16.3. The number of hydrogen-bond donors (Lipinski definition) is 2. The lowest BCUT2D eigenvalue weighted by molar-refractivity contribution is 0.0250. The third-order valence-electron chi connectivity index (χ3n) is 3.20. The van der Waals surface area contributed by atoms with Crippen molar-refractivity contribution in [2.24, 2.45) is 5.73 Å². The molecule has 1 aromatic rings. The number of aliphatic hydroxyl groups is 1. The van der Waals surface area contributed by atoms with Gasteiger partial charge in [-0.2, -0.15) is 0 Å². The molecule has 2 rings (SSSR count). The molecule has 3 nitrogen and oxygen atoms in total. The van der Waals surface area contributed by atoms with E-state index < -0.39 is 5.60 Å². The molecule has 0 bridgehead atoms. The molecule has 1 saturated heterocycles. The van der Waals surface area contributed by atoms with Gasteiger partial charge in [0.2, 0.25) is 0 Å². The van der Waals surface area contributed by atoms with Crippen molar-refractivity contribution >= 4 is 5.69 Å². The third-order valence-corrected chi connectivity index (χ3v) is 3.20. The smallest absolute Gasteiger partial charge is 0.0803 e. The zero-order valence-electron chi connectivity index (χ0n) is 8.89. The Bertz CT molecular complexity index is 305. The number of para-hydroxylation sites is 1. The molecule has 1 heterocycles. The SMILES string of the molecule is NCC1(O)CCN(c2ccccc2)CC1. The summed E-state index contributed by atoms with van der Waals surface area (Å²) in [5.41, 5.74) is 6.15. The van der Waals surface area contributed by atoms with Gasteiger partial charge in [0.05, 0.1) is 5.60 Å². The third kappa shape index (κ3) is 2.30. The lowest BCUT2D eigenvalue weighted by atomic mass is 9.91. The minimum atomic E-state index is -0.634. The molecule has 0 aliphatic carbocycles. The minimum absolute atomic E-state index is 0.371. The van der Waals surface area contributed by atoms with E-state index in [4.69, 9.17) is 5.73 Å². The summed E-state index contributed by atoms with van der Waals surface area (Å²) in [4.78, 5) is 2.30. The summed E-state index contributed by atoms with van der Waals surface area (Å²) in [7, 11) is 0. The highest BCUT2D eigenvalue weighted by Crippen LogP contribution is 2.25. The molecular weight excluding hydrogens is 188 g/mol. The van der Waals surface area contributed by atoms with Crippen LogP contribution in [-0.4, -0.2) is 30.3 Å². The maximum Gasteiger partial charge on any atom is 0.0803 e. The molecule has 3 heteroatoms. The van der Waals surface area contributed by atoms with Gasteiger partial charge in [-0.1, -0.05) is 18.2 Å². The fourth-order valence-electron chi connectivity index (χ4n) is 2.02. The van der Waals surface area contributed by atoms with E-state index in [-0.39, 0.29) is 0 Å². The zero-order valence-corrected chi connectivity index (χ0v) is 8.89. The summed E-state index contributed by atoms with van der Waals surface area (Å²) in [5, 5.41) is 9.99. The van der Waals surface area contributed by atoms with Gasteiger partial charge < -0.3 is 15.7 Å². The van der Waals surface area contributed by atoms with Gasteiger partial charge in [0.25, 0.3) is 0 Å². The van der Waals surface area contributed by atoms with E-state index in [1.807, 2.05) is 18.2 Å². The average Bonchev–Trinajstić information content (AvgIpc) is 2.31. The normalized spacial score (nSPS) is 20.3. The van der Waals surface area contributed by atoms with Crippen molar-refractivity contribution in [1.82, 2.24) is 0 Å². The van der Waals surface area contributed by atoms with E-state index in [0.717, 1.165) is 25.9 Å². The molecule has 1 aromatic carbocycles. The predicted molar refractivity (Wildman–Crippen MR) is 61.9 cm³/mol. The molecule has 1 fully saturated rings. The Morgan fingerprint density at radius 1 is 1.20 bits per heavy atom. The Morgan fingerprint density at radius 2 is 1.80 bits per heavy atom. The summed E-state index contributed by atoms with van der Waals surface area (Å²) < 4.78 is 0. The van der Waals surface area contributed by atoms with Gasteiger partial charge in [0.15, 0.2) is 0 Å². The van der Waals surface area contributed by atoms with Crippen LogP contribution >= 0.6 is 0 Å². The van der Waals surface area contributed by atoms with E-state index in [1.54, 1.807) is 0 Å². The Hall–Kier alpha value is -1.06. The highest BCUT2D eigenvalue weighted by molar-refractivity contribution is 5.46. The zero-order chi connectivity index (χ0) is 10.7. The van der Waals surface area contributed by atoms with Crippen molar-refractivity contribution in [3.05, 3.63) is 30.3 Å². The number of benzene rings is 1. The molecule has 3 N–H and O–H groups in total. The molecular formula is C12H18N2O. The number of anilines is 1. The standard InChI is InChI=1S/C12H18N2O/c13-10-12(15)6-8-14(9-7-12)11-4-2-1-3-5-11/h1-5,15H,6-10,13H2. The number of nitrogens with two attached hydrogens (primary N) is 1. The van der Waals surface area contributed by atoms with E-state index >= 15 is 0 Å². The molecule has 0 radical (unpaired) electrons. The van der Waals surface area contributed by atoms with Crippen LogP contribution in [0.2, 0.25) is 0 Å². The second-order valence-electron chi connectivity index (χ2n) is 4.25. The molecule has 0 aromatic heterocycles. The van der Waals surface area contributed by atoms with Gasteiger partial charge in [0.1, 0.15) is 0 Å². The minimum Gasteiger partial charge on any atom is -0.388 e. The van der Waals surface area contributed by atoms with E-state index in [0.29, 0.717) is 6.54 Å². The molecule has 1 aliphatic rings. The van der Waals surface area contributed by atoms with Crippen molar-refractivity contribution in [3.63, 3.8) is 0 Å². The first-order valence-corrected chi connectivity index (χ1v) is 5.46. The Kier molecular flexibility index (Phi) is 2.93. The fraction of sp³-hybridized carbons (Fsp3) is 0.500. The van der Waals surface area contributed by atoms with E-state index in [9.17, 15) is 5.11 Å². The summed E-state index contributed by atoms with van der Waals surface area (Å²) in [6, 6.07) is 10.3. The molecule has 15 heavy (non-hydrogen) atoms. The van der Waals surface area contributed by atoms with Crippen LogP contribution in [0.4, 0.5) is 5.69 Å². The van der Waals surface area contributed by atoms with Crippen LogP contribution in [0.3, 0.4) is 0 Å². The average molecular weight is 206 g/mol. The largest absolute Gasteiger partial charge is 0.388 e. The Morgan fingerprint density at radius 3 is 2.33 bits per heavy atom. The van der Waals surface area contributed by atoms with Crippen LogP contribution < -0.4 is 10.6 Å². The van der Waals surface area contributed by atoms with Crippen LogP contribution in [0.15, 0.2) is 30.3 Å². The van der Waals surface area contributed by atoms with Crippen molar-refractivity contribution < 1.29 is 5.11 Å². The van der Waals surface area contributed by atoms with Crippen LogP contribution in [-0.2, 0) is 0 Å². The summed E-state index contributed by atoms with van der Waals surface area (Å²) in [6.07, 6.45) is 1.52. The van der Waals surface area contributed by atoms with Crippen LogP contribution in [0.5, 0.6) is 0 Å². The van der Waals surface area contributed by atoms with Crippen molar-refractivity contribution in [2.45, 2.75) is 18.4 Å². The maximum absolute atomic E-state index is 9.99. The summed E-state index contributed by atoms with van der Waals surface area (Å²) in [6.45, 7) is 2.14. The Balaban J connectivity index is 2.00. The molecule has 0 amide bonds. The van der Waals surface area contributed by atoms with Gasteiger partial charge >= 0.3 is 0 Å². The topological polar surface area (TPSA) is 49.5 Å². The van der Waals surface area contributed by atoms with Gasteiger partial charge in [-0.05, 0) is 25.0 Å².